The number of benzene rings is 2. The van der Waals surface area contributed by atoms with Crippen LogP contribution in [0.2, 0.25) is 0 Å². The summed E-state index contributed by atoms with van der Waals surface area (Å²) in [4.78, 5) is 8.41. The molecule has 1 saturated heterocycles. The van der Waals surface area contributed by atoms with Gasteiger partial charge in [-0.3, -0.25) is 9.80 Å². The predicted octanol–water partition coefficient (Wildman–Crippen LogP) is 3.66. The highest BCUT2D eigenvalue weighted by molar-refractivity contribution is 5.26. The molecule has 35 heavy (non-hydrogen) atoms. The number of rotatable bonds is 12. The third-order valence-corrected chi connectivity index (χ3v) is 6.29. The van der Waals surface area contributed by atoms with Gasteiger partial charge in [0.05, 0.1) is 19.8 Å². The van der Waals surface area contributed by atoms with Crippen molar-refractivity contribution >= 4 is 0 Å². The number of aliphatic hydroxyl groups is 1. The minimum absolute atomic E-state index is 0.0213. The molecule has 0 amide bonds. The van der Waals surface area contributed by atoms with E-state index in [2.05, 4.69) is 19.9 Å². The summed E-state index contributed by atoms with van der Waals surface area (Å²) < 4.78 is 35.5. The molecule has 1 aromatic heterocycles. The molecule has 1 unspecified atom stereocenters. The maximum Gasteiger partial charge on any atom is 0.137 e. The molecule has 1 N–H and O–H groups in total. The second-order valence-electron chi connectivity index (χ2n) is 9.14. The minimum atomic E-state index is -1.58. The van der Waals surface area contributed by atoms with Gasteiger partial charge in [-0.2, -0.15) is 5.10 Å². The Morgan fingerprint density at radius 3 is 2.57 bits per heavy atom. The van der Waals surface area contributed by atoms with Gasteiger partial charge in [0.2, 0.25) is 0 Å². The van der Waals surface area contributed by atoms with Crippen LogP contribution in [-0.4, -0.2) is 69.1 Å². The maximum absolute atomic E-state index is 14.7. The highest BCUT2D eigenvalue weighted by atomic mass is 19.1. The number of ether oxygens (including phenoxy) is 1. The molecule has 1 atom stereocenters. The van der Waals surface area contributed by atoms with Gasteiger partial charge in [0.1, 0.15) is 35.6 Å². The van der Waals surface area contributed by atoms with E-state index in [9.17, 15) is 13.9 Å². The van der Waals surface area contributed by atoms with Crippen molar-refractivity contribution in [2.24, 2.45) is 0 Å². The van der Waals surface area contributed by atoms with Crippen LogP contribution in [0.5, 0.6) is 5.75 Å². The number of aromatic nitrogens is 3. The number of halogens is 2. The van der Waals surface area contributed by atoms with Crippen LogP contribution >= 0.6 is 0 Å². The SMILES string of the molecule is OC(CN1CCCN(CCCCCOc2ccccc2)C1)(Cn1cncn1)c1ccc(F)cc1F. The van der Waals surface area contributed by atoms with Gasteiger partial charge in [0.25, 0.3) is 0 Å². The molecule has 3 aromatic rings. The van der Waals surface area contributed by atoms with E-state index in [-0.39, 0.29) is 18.7 Å². The summed E-state index contributed by atoms with van der Waals surface area (Å²) in [5, 5.41) is 15.7. The molecule has 0 bridgehead atoms. The summed E-state index contributed by atoms with van der Waals surface area (Å²) >= 11 is 0. The standard InChI is InChI=1S/C26H33F2N5O2/c27-22-10-11-24(25(28)16-22)26(34,18-33-20-29-19-30-33)17-32-14-7-13-31(21-32)12-5-2-6-15-35-23-8-3-1-4-9-23/h1,3-4,8-11,16,19-20,34H,2,5-7,12-15,17-18,21H2. The van der Waals surface area contributed by atoms with Gasteiger partial charge >= 0.3 is 0 Å². The molecule has 0 radical (unpaired) electrons. The highest BCUT2D eigenvalue weighted by Crippen LogP contribution is 2.28. The van der Waals surface area contributed by atoms with Gasteiger partial charge in [-0.1, -0.05) is 24.3 Å². The third-order valence-electron chi connectivity index (χ3n) is 6.29. The van der Waals surface area contributed by atoms with Gasteiger partial charge in [0.15, 0.2) is 0 Å². The van der Waals surface area contributed by atoms with Crippen LogP contribution in [0.3, 0.4) is 0 Å². The molecule has 9 heteroatoms. The first-order chi connectivity index (χ1) is 17.0. The number of para-hydroxylation sites is 1. The van der Waals surface area contributed by atoms with E-state index in [1.165, 1.54) is 29.5 Å². The van der Waals surface area contributed by atoms with Crippen molar-refractivity contribution < 1.29 is 18.6 Å². The Kier molecular flexibility index (Phi) is 8.79. The van der Waals surface area contributed by atoms with Gasteiger partial charge in [-0.05, 0) is 50.4 Å². The molecule has 2 heterocycles. The number of hydrogen-bond donors (Lipinski definition) is 1. The second-order valence-corrected chi connectivity index (χ2v) is 9.14. The quantitative estimate of drug-likeness (QED) is 0.395. The lowest BCUT2D eigenvalue weighted by Gasteiger charge is -2.40. The van der Waals surface area contributed by atoms with E-state index in [0.717, 1.165) is 57.1 Å². The molecule has 0 aliphatic carbocycles. The van der Waals surface area contributed by atoms with E-state index in [1.54, 1.807) is 0 Å². The summed E-state index contributed by atoms with van der Waals surface area (Å²) in [6.45, 7) is 4.35. The van der Waals surface area contributed by atoms with Crippen molar-refractivity contribution in [2.75, 3.05) is 39.5 Å². The topological polar surface area (TPSA) is 66.7 Å². The second kappa shape index (κ2) is 12.2. The molecular formula is C26H33F2N5O2. The highest BCUT2D eigenvalue weighted by Gasteiger charge is 2.36. The lowest BCUT2D eigenvalue weighted by atomic mass is 9.92. The van der Waals surface area contributed by atoms with Crippen molar-refractivity contribution in [2.45, 2.75) is 37.8 Å². The Hall–Kier alpha value is -2.88. The molecular weight excluding hydrogens is 452 g/mol. The van der Waals surface area contributed by atoms with Crippen molar-refractivity contribution in [1.82, 2.24) is 24.6 Å². The van der Waals surface area contributed by atoms with Crippen molar-refractivity contribution in [3.63, 3.8) is 0 Å². The van der Waals surface area contributed by atoms with Gasteiger partial charge in [-0.15, -0.1) is 0 Å². The van der Waals surface area contributed by atoms with Crippen LogP contribution in [0.4, 0.5) is 8.78 Å². The molecule has 1 aliphatic heterocycles. The average Bonchev–Trinajstić information content (AvgIpc) is 3.34. The summed E-state index contributed by atoms with van der Waals surface area (Å²) in [5.41, 5.74) is -1.52. The summed E-state index contributed by atoms with van der Waals surface area (Å²) in [6, 6.07) is 13.1. The van der Waals surface area contributed by atoms with E-state index in [4.69, 9.17) is 4.74 Å². The third kappa shape index (κ3) is 7.30. The fraction of sp³-hybridized carbons (Fsp3) is 0.462. The van der Waals surface area contributed by atoms with Crippen LogP contribution in [0.25, 0.3) is 0 Å². The van der Waals surface area contributed by atoms with Gasteiger partial charge < -0.3 is 9.84 Å². The normalized spacial score (nSPS) is 16.8. The van der Waals surface area contributed by atoms with Crippen LogP contribution < -0.4 is 4.74 Å². The zero-order valence-corrected chi connectivity index (χ0v) is 19.9. The fourth-order valence-electron chi connectivity index (χ4n) is 4.61. The first kappa shape index (κ1) is 25.2. The van der Waals surface area contributed by atoms with Crippen LogP contribution in [0.1, 0.15) is 31.2 Å². The van der Waals surface area contributed by atoms with E-state index >= 15 is 0 Å². The number of hydrogen-bond acceptors (Lipinski definition) is 6. The molecule has 1 fully saturated rings. The van der Waals surface area contributed by atoms with E-state index in [1.807, 2.05) is 30.3 Å². The summed E-state index contributed by atoms with van der Waals surface area (Å²) in [7, 11) is 0. The van der Waals surface area contributed by atoms with Gasteiger partial charge in [0, 0.05) is 31.3 Å². The molecule has 0 spiro atoms. The molecule has 0 saturated carbocycles. The fourth-order valence-corrected chi connectivity index (χ4v) is 4.61. The summed E-state index contributed by atoms with van der Waals surface area (Å²) in [5.74, 6) is -0.540. The van der Waals surface area contributed by atoms with Crippen molar-refractivity contribution in [1.29, 1.82) is 0 Å². The largest absolute Gasteiger partial charge is 0.494 e. The number of unbranched alkanes of at least 4 members (excludes halogenated alkanes) is 2. The Morgan fingerprint density at radius 2 is 1.80 bits per heavy atom. The van der Waals surface area contributed by atoms with Crippen LogP contribution in [0, 0.1) is 11.6 Å². The maximum atomic E-state index is 14.7. The van der Waals surface area contributed by atoms with Crippen LogP contribution in [-0.2, 0) is 12.1 Å². The van der Waals surface area contributed by atoms with Gasteiger partial charge in [-0.25, -0.2) is 18.4 Å². The minimum Gasteiger partial charge on any atom is -0.494 e. The Labute approximate surface area is 205 Å². The molecule has 1 aliphatic rings. The molecule has 7 nitrogen and oxygen atoms in total. The zero-order chi connectivity index (χ0) is 24.5. The Bertz CT molecular complexity index is 1040. The zero-order valence-electron chi connectivity index (χ0n) is 19.9. The predicted molar refractivity (Wildman–Crippen MR) is 129 cm³/mol. The summed E-state index contributed by atoms with van der Waals surface area (Å²) in [6.07, 6.45) is 6.93. The van der Waals surface area contributed by atoms with Crippen molar-refractivity contribution in [3.05, 3.63) is 78.4 Å². The monoisotopic (exact) mass is 485 g/mol. The average molecular weight is 486 g/mol. The number of β-amino-alcohol motifs (C(OH)–C–C–N with tert-alkyl or cyclic N) is 1. The lowest BCUT2D eigenvalue weighted by Crippen LogP contribution is -2.51. The number of nitrogens with zero attached hydrogens (tertiary/aromatic N) is 5. The molecule has 4 rings (SSSR count). The lowest BCUT2D eigenvalue weighted by molar-refractivity contribution is -0.0440. The van der Waals surface area contributed by atoms with Crippen LogP contribution in [0.15, 0.2) is 61.2 Å². The first-order valence-corrected chi connectivity index (χ1v) is 12.1. The Balaban J connectivity index is 1.29. The Morgan fingerprint density at radius 1 is 0.971 bits per heavy atom. The van der Waals surface area contributed by atoms with E-state index < -0.39 is 17.2 Å². The molecule has 188 valence electrons. The molecule has 2 aromatic carbocycles. The first-order valence-electron chi connectivity index (χ1n) is 12.1. The smallest absolute Gasteiger partial charge is 0.137 e. The van der Waals surface area contributed by atoms with E-state index in [0.29, 0.717) is 13.3 Å². The van der Waals surface area contributed by atoms with Crippen molar-refractivity contribution in [3.8, 4) is 5.75 Å².